The van der Waals surface area contributed by atoms with Crippen molar-refractivity contribution in [2.45, 2.75) is 52.4 Å². The molecular weight excluding hydrogens is 390 g/mol. The summed E-state index contributed by atoms with van der Waals surface area (Å²) in [6, 6.07) is 1.72. The molecule has 2 N–H and O–H groups in total. The minimum atomic E-state index is -0.150. The van der Waals surface area contributed by atoms with Crippen molar-refractivity contribution in [1.82, 2.24) is 20.3 Å². The summed E-state index contributed by atoms with van der Waals surface area (Å²) in [5.74, 6) is 1.30. The summed E-state index contributed by atoms with van der Waals surface area (Å²) in [6.45, 7) is 5.27. The van der Waals surface area contributed by atoms with Gasteiger partial charge in [-0.05, 0) is 32.3 Å². The third-order valence-electron chi connectivity index (χ3n) is 6.26. The quantitative estimate of drug-likeness (QED) is 0.541. The van der Waals surface area contributed by atoms with Gasteiger partial charge in [0.25, 0.3) is 5.91 Å². The van der Waals surface area contributed by atoms with E-state index in [4.69, 9.17) is 9.72 Å². The van der Waals surface area contributed by atoms with Gasteiger partial charge in [0.2, 0.25) is 0 Å². The van der Waals surface area contributed by atoms with E-state index in [1.165, 1.54) is 32.1 Å². The number of fused-ring (bicyclic) bond motifs is 2. The lowest BCUT2D eigenvalue weighted by molar-refractivity contribution is 0.0957. The first kappa shape index (κ1) is 21.3. The normalized spacial score (nSPS) is 14.7. The molecule has 3 aromatic rings. The van der Waals surface area contributed by atoms with Crippen molar-refractivity contribution >= 4 is 33.7 Å². The highest BCUT2D eigenvalue weighted by atomic mass is 16.5. The van der Waals surface area contributed by atoms with Crippen LogP contribution < -0.4 is 15.4 Å². The van der Waals surface area contributed by atoms with Gasteiger partial charge in [-0.1, -0.05) is 32.1 Å². The van der Waals surface area contributed by atoms with Crippen LogP contribution in [0.25, 0.3) is 22.1 Å². The number of rotatable bonds is 7. The number of carbonyl (C=O) groups is 1. The fourth-order valence-corrected chi connectivity index (χ4v) is 4.56. The van der Waals surface area contributed by atoms with E-state index in [0.29, 0.717) is 28.9 Å². The molecule has 0 atom stereocenters. The van der Waals surface area contributed by atoms with E-state index in [9.17, 15) is 4.79 Å². The number of carbonyl (C=O) groups excluding carboxylic acids is 1. The monoisotopic (exact) mass is 421 g/mol. The molecule has 7 heteroatoms. The third-order valence-corrected chi connectivity index (χ3v) is 6.26. The van der Waals surface area contributed by atoms with Crippen LogP contribution in [0.3, 0.4) is 0 Å². The molecule has 1 aliphatic carbocycles. The molecule has 3 heterocycles. The lowest BCUT2D eigenvalue weighted by atomic mass is 9.87. The maximum Gasteiger partial charge on any atom is 0.253 e. The number of nitrogens with zero attached hydrogens (tertiary/aromatic N) is 3. The van der Waals surface area contributed by atoms with Crippen molar-refractivity contribution in [3.63, 3.8) is 0 Å². The van der Waals surface area contributed by atoms with Crippen LogP contribution in [0.5, 0.6) is 5.75 Å². The minimum absolute atomic E-state index is 0.150. The van der Waals surface area contributed by atoms with Gasteiger partial charge in [0, 0.05) is 24.8 Å². The number of hydrogen-bond donors (Lipinski definition) is 2. The molecule has 3 aromatic heterocycles. The Morgan fingerprint density at radius 3 is 2.65 bits per heavy atom. The van der Waals surface area contributed by atoms with Gasteiger partial charge in [-0.3, -0.25) is 9.78 Å². The van der Waals surface area contributed by atoms with Gasteiger partial charge in [0.05, 0.1) is 30.1 Å². The molecular formula is C24H31N5O2. The molecule has 0 bridgehead atoms. The SMILES string of the molecule is CCNC(=O)c1ccnc2c(NCCC3CCCCC3)c3ncc(OC)c(C)c3nc12. The van der Waals surface area contributed by atoms with Gasteiger partial charge in [-0.15, -0.1) is 0 Å². The molecule has 7 nitrogen and oxygen atoms in total. The summed E-state index contributed by atoms with van der Waals surface area (Å²) in [5, 5.41) is 6.48. The summed E-state index contributed by atoms with van der Waals surface area (Å²) < 4.78 is 5.46. The highest BCUT2D eigenvalue weighted by Crippen LogP contribution is 2.34. The number of ether oxygens (including phenoxy) is 1. The Morgan fingerprint density at radius 1 is 1.13 bits per heavy atom. The van der Waals surface area contributed by atoms with Crippen LogP contribution >= 0.6 is 0 Å². The Hall–Kier alpha value is -2.96. The first-order valence-corrected chi connectivity index (χ1v) is 11.3. The molecule has 1 amide bonds. The Balaban J connectivity index is 1.81. The Bertz CT molecular complexity index is 1090. The molecule has 4 rings (SSSR count). The summed E-state index contributed by atoms with van der Waals surface area (Å²) in [5.41, 5.74) is 5.01. The highest BCUT2D eigenvalue weighted by molar-refractivity contribution is 6.12. The fraction of sp³-hybridized carbons (Fsp3) is 0.500. The van der Waals surface area contributed by atoms with E-state index in [1.54, 1.807) is 25.6 Å². The zero-order valence-electron chi connectivity index (χ0n) is 18.6. The molecule has 164 valence electrons. The number of methoxy groups -OCH3 is 1. The molecule has 0 saturated heterocycles. The molecule has 1 fully saturated rings. The van der Waals surface area contributed by atoms with Crippen LogP contribution in [0.1, 0.15) is 61.4 Å². The van der Waals surface area contributed by atoms with Crippen molar-refractivity contribution in [1.29, 1.82) is 0 Å². The molecule has 1 saturated carbocycles. The number of nitrogens with one attached hydrogen (secondary N) is 2. The molecule has 31 heavy (non-hydrogen) atoms. The second kappa shape index (κ2) is 9.45. The van der Waals surface area contributed by atoms with Gasteiger partial charge < -0.3 is 15.4 Å². The largest absolute Gasteiger partial charge is 0.495 e. The lowest BCUT2D eigenvalue weighted by Crippen LogP contribution is -2.23. The van der Waals surface area contributed by atoms with Gasteiger partial charge in [0.1, 0.15) is 22.3 Å². The van der Waals surface area contributed by atoms with E-state index in [-0.39, 0.29) is 5.91 Å². The van der Waals surface area contributed by atoms with Crippen molar-refractivity contribution < 1.29 is 9.53 Å². The number of hydrogen-bond acceptors (Lipinski definition) is 6. The van der Waals surface area contributed by atoms with Crippen molar-refractivity contribution in [3.05, 3.63) is 29.6 Å². The van der Waals surface area contributed by atoms with E-state index < -0.39 is 0 Å². The maximum absolute atomic E-state index is 12.7. The minimum Gasteiger partial charge on any atom is -0.495 e. The van der Waals surface area contributed by atoms with Crippen LogP contribution in [-0.4, -0.2) is 41.1 Å². The molecule has 0 unspecified atom stereocenters. The van der Waals surface area contributed by atoms with Crippen molar-refractivity contribution in [3.8, 4) is 5.75 Å². The smallest absolute Gasteiger partial charge is 0.253 e. The third kappa shape index (κ3) is 4.27. The molecule has 0 aliphatic heterocycles. The first-order chi connectivity index (χ1) is 15.1. The van der Waals surface area contributed by atoms with Gasteiger partial charge in [0.15, 0.2) is 0 Å². The molecule has 0 aromatic carbocycles. The fourth-order valence-electron chi connectivity index (χ4n) is 4.56. The molecule has 0 radical (unpaired) electrons. The van der Waals surface area contributed by atoms with E-state index >= 15 is 0 Å². The second-order valence-corrected chi connectivity index (χ2v) is 8.27. The Labute approximate surface area is 183 Å². The number of amides is 1. The molecule has 0 spiro atoms. The standard InChI is InChI=1S/C24H31N5O2/c1-4-25-24(30)17-11-13-27-22-20(17)29-19-15(2)18(31-3)14-28-21(19)23(22)26-12-10-16-8-6-5-7-9-16/h11,13-14,16H,4-10,12H2,1-3H3,(H,25,30)(H,26,29). The number of pyridine rings is 3. The Kier molecular flexibility index (Phi) is 6.49. The predicted octanol–water partition coefficient (Wildman–Crippen LogP) is 4.63. The van der Waals surface area contributed by atoms with Gasteiger partial charge in [-0.25, -0.2) is 9.97 Å². The van der Waals surface area contributed by atoms with E-state index in [1.807, 2.05) is 13.8 Å². The Morgan fingerprint density at radius 2 is 1.90 bits per heavy atom. The zero-order chi connectivity index (χ0) is 21.8. The number of anilines is 1. The number of aromatic nitrogens is 3. The average molecular weight is 422 g/mol. The maximum atomic E-state index is 12.7. The van der Waals surface area contributed by atoms with Crippen LogP contribution in [-0.2, 0) is 0 Å². The zero-order valence-corrected chi connectivity index (χ0v) is 18.6. The van der Waals surface area contributed by atoms with E-state index in [0.717, 1.165) is 41.2 Å². The topological polar surface area (TPSA) is 89.0 Å². The summed E-state index contributed by atoms with van der Waals surface area (Å²) >= 11 is 0. The van der Waals surface area contributed by atoms with Gasteiger partial charge >= 0.3 is 0 Å². The van der Waals surface area contributed by atoms with Crippen LogP contribution in [0.4, 0.5) is 5.69 Å². The van der Waals surface area contributed by atoms with Crippen LogP contribution in [0.2, 0.25) is 0 Å². The number of aryl methyl sites for hydroxylation is 1. The van der Waals surface area contributed by atoms with Crippen molar-refractivity contribution in [2.24, 2.45) is 5.92 Å². The van der Waals surface area contributed by atoms with Crippen molar-refractivity contribution in [2.75, 3.05) is 25.5 Å². The predicted molar refractivity (Wildman–Crippen MR) is 124 cm³/mol. The first-order valence-electron chi connectivity index (χ1n) is 11.3. The van der Waals surface area contributed by atoms with E-state index in [2.05, 4.69) is 20.6 Å². The van der Waals surface area contributed by atoms with Gasteiger partial charge in [-0.2, -0.15) is 0 Å². The summed E-state index contributed by atoms with van der Waals surface area (Å²) in [6.07, 6.45) is 11.2. The lowest BCUT2D eigenvalue weighted by Gasteiger charge is -2.22. The molecule has 1 aliphatic rings. The second-order valence-electron chi connectivity index (χ2n) is 8.27. The average Bonchev–Trinajstić information content (AvgIpc) is 2.80. The highest BCUT2D eigenvalue weighted by Gasteiger charge is 2.20. The summed E-state index contributed by atoms with van der Waals surface area (Å²) in [7, 11) is 1.63. The van der Waals surface area contributed by atoms with Crippen LogP contribution in [0, 0.1) is 12.8 Å². The van der Waals surface area contributed by atoms with Crippen LogP contribution in [0.15, 0.2) is 18.5 Å². The summed E-state index contributed by atoms with van der Waals surface area (Å²) in [4.78, 5) is 26.8.